The van der Waals surface area contributed by atoms with Crippen LogP contribution >= 0.6 is 0 Å². The van der Waals surface area contributed by atoms with Crippen molar-refractivity contribution in [1.82, 2.24) is 0 Å². The smallest absolute Gasteiger partial charge is 0.0591 e. The van der Waals surface area contributed by atoms with Gasteiger partial charge in [0.05, 0.1) is 11.7 Å². The number of aliphatic hydroxyl groups is 2. The van der Waals surface area contributed by atoms with E-state index in [4.69, 9.17) is 0 Å². The van der Waals surface area contributed by atoms with E-state index in [2.05, 4.69) is 25.2 Å². The summed E-state index contributed by atoms with van der Waals surface area (Å²) in [5, 5.41) is 20.1. The summed E-state index contributed by atoms with van der Waals surface area (Å²) >= 11 is 0. The maximum atomic E-state index is 10.1. The van der Waals surface area contributed by atoms with Crippen LogP contribution in [-0.4, -0.2) is 21.9 Å². The quantitative estimate of drug-likeness (QED) is 0.493. The molecule has 2 heteroatoms. The Morgan fingerprint density at radius 3 is 2.62 bits per heavy atom. The summed E-state index contributed by atoms with van der Waals surface area (Å²) in [5.74, 6) is 0.684. The molecule has 29 heavy (non-hydrogen) atoms. The fourth-order valence-corrected chi connectivity index (χ4v) is 6.75. The van der Waals surface area contributed by atoms with Crippen LogP contribution in [-0.2, 0) is 0 Å². The molecule has 0 aliphatic heterocycles. The van der Waals surface area contributed by atoms with E-state index in [0.29, 0.717) is 16.7 Å². The Morgan fingerprint density at radius 1 is 1.14 bits per heavy atom. The van der Waals surface area contributed by atoms with Crippen molar-refractivity contribution < 1.29 is 10.2 Å². The van der Waals surface area contributed by atoms with Crippen molar-refractivity contribution in [3.8, 4) is 0 Å². The molecule has 4 aliphatic rings. The summed E-state index contributed by atoms with van der Waals surface area (Å²) in [7, 11) is 0. The number of hydrogen-bond donors (Lipinski definition) is 2. The van der Waals surface area contributed by atoms with Gasteiger partial charge >= 0.3 is 0 Å². The highest BCUT2D eigenvalue weighted by molar-refractivity contribution is 5.39. The third kappa shape index (κ3) is 4.59. The molecule has 0 aromatic carbocycles. The summed E-state index contributed by atoms with van der Waals surface area (Å²) in [5.41, 5.74) is 5.14. The van der Waals surface area contributed by atoms with Gasteiger partial charge in [-0.15, -0.1) is 0 Å². The van der Waals surface area contributed by atoms with Crippen molar-refractivity contribution in [3.63, 3.8) is 0 Å². The SMILES string of the molecule is CC(C)(O)CCCC1(C2=CC[C@H]3/C(=C/C=C4/CCC[C@H](O)C4)CCC[C@]23C)CC1. The lowest BCUT2D eigenvalue weighted by molar-refractivity contribution is 0.0664. The minimum absolute atomic E-state index is 0.122. The zero-order chi connectivity index (χ0) is 20.7. The summed E-state index contributed by atoms with van der Waals surface area (Å²) in [6, 6.07) is 0. The normalized spacial score (nSPS) is 36.9. The second-order valence-corrected chi connectivity index (χ2v) is 11.4. The number of allylic oxidation sites excluding steroid dienone is 5. The van der Waals surface area contributed by atoms with E-state index in [-0.39, 0.29) is 6.10 Å². The Labute approximate surface area is 178 Å². The minimum Gasteiger partial charge on any atom is -0.393 e. The summed E-state index contributed by atoms with van der Waals surface area (Å²) in [4.78, 5) is 0. The van der Waals surface area contributed by atoms with Crippen LogP contribution < -0.4 is 0 Å². The molecule has 4 rings (SSSR count). The van der Waals surface area contributed by atoms with E-state index < -0.39 is 5.60 Å². The number of hydrogen-bond acceptors (Lipinski definition) is 2. The van der Waals surface area contributed by atoms with E-state index in [1.165, 1.54) is 50.5 Å². The Hall–Kier alpha value is -0.860. The first kappa shape index (κ1) is 21.4. The lowest BCUT2D eigenvalue weighted by atomic mass is 9.61. The molecule has 162 valence electrons. The predicted molar refractivity (Wildman–Crippen MR) is 121 cm³/mol. The maximum absolute atomic E-state index is 10.1. The lowest BCUT2D eigenvalue weighted by Gasteiger charge is -2.43. The third-order valence-electron chi connectivity index (χ3n) is 8.49. The molecule has 3 atom stereocenters. The van der Waals surface area contributed by atoms with Gasteiger partial charge in [0, 0.05) is 0 Å². The highest BCUT2D eigenvalue weighted by Gasteiger charge is 2.56. The molecule has 0 spiro atoms. The van der Waals surface area contributed by atoms with Crippen molar-refractivity contribution in [2.45, 2.75) is 116 Å². The first-order valence-corrected chi connectivity index (χ1v) is 12.2. The molecule has 0 radical (unpaired) electrons. The van der Waals surface area contributed by atoms with E-state index in [1.807, 2.05) is 13.8 Å². The van der Waals surface area contributed by atoms with Gasteiger partial charge in [-0.3, -0.25) is 0 Å². The van der Waals surface area contributed by atoms with E-state index >= 15 is 0 Å². The van der Waals surface area contributed by atoms with Crippen molar-refractivity contribution in [2.24, 2.45) is 16.7 Å². The topological polar surface area (TPSA) is 40.5 Å². The van der Waals surface area contributed by atoms with Gasteiger partial charge in [-0.1, -0.05) is 41.9 Å². The molecule has 3 saturated carbocycles. The van der Waals surface area contributed by atoms with Crippen molar-refractivity contribution in [2.75, 3.05) is 0 Å². The fraction of sp³-hybridized carbons (Fsp3) is 0.778. The molecule has 0 bridgehead atoms. The zero-order valence-corrected chi connectivity index (χ0v) is 19.0. The Bertz CT molecular complexity index is 701. The maximum Gasteiger partial charge on any atom is 0.0591 e. The van der Waals surface area contributed by atoms with Gasteiger partial charge < -0.3 is 10.2 Å². The van der Waals surface area contributed by atoms with Crippen LogP contribution in [0.5, 0.6) is 0 Å². The number of aliphatic hydroxyl groups excluding tert-OH is 1. The molecule has 0 aromatic rings. The fourth-order valence-electron chi connectivity index (χ4n) is 6.75. The summed E-state index contributed by atoms with van der Waals surface area (Å²) < 4.78 is 0. The first-order valence-electron chi connectivity index (χ1n) is 12.2. The predicted octanol–water partition coefficient (Wildman–Crippen LogP) is 6.63. The molecule has 0 amide bonds. The molecular formula is C27H42O2. The third-order valence-corrected chi connectivity index (χ3v) is 8.49. The van der Waals surface area contributed by atoms with Crippen LogP contribution in [0.4, 0.5) is 0 Å². The Morgan fingerprint density at radius 2 is 1.93 bits per heavy atom. The van der Waals surface area contributed by atoms with Crippen LogP contribution in [0.1, 0.15) is 104 Å². The molecular weight excluding hydrogens is 356 g/mol. The summed E-state index contributed by atoms with van der Waals surface area (Å²) in [6.45, 7) is 6.44. The van der Waals surface area contributed by atoms with Crippen molar-refractivity contribution in [3.05, 3.63) is 34.9 Å². The molecule has 4 aliphatic carbocycles. The Balaban J connectivity index is 1.46. The number of rotatable bonds is 6. The van der Waals surface area contributed by atoms with Gasteiger partial charge in [-0.2, -0.15) is 0 Å². The van der Waals surface area contributed by atoms with Crippen LogP contribution in [0, 0.1) is 16.7 Å². The lowest BCUT2D eigenvalue weighted by Crippen LogP contribution is -2.33. The van der Waals surface area contributed by atoms with Crippen LogP contribution in [0.15, 0.2) is 34.9 Å². The molecule has 3 fully saturated rings. The van der Waals surface area contributed by atoms with Crippen LogP contribution in [0.2, 0.25) is 0 Å². The van der Waals surface area contributed by atoms with Gasteiger partial charge in [0.2, 0.25) is 0 Å². The second kappa shape index (κ2) is 8.00. The van der Waals surface area contributed by atoms with Gasteiger partial charge in [0.1, 0.15) is 0 Å². The standard InChI is InChI=1S/C27H42O2/c1-25(2,29)14-6-16-27(17-18-27)24-13-12-23-21(8-5-15-26(23,24)3)11-10-20-7-4-9-22(28)19-20/h10-11,13,22-23,28-29H,4-9,12,14-19H2,1-3H3/b20-10-,21-11+/t22-,23-,26-/m0/s1. The van der Waals surface area contributed by atoms with E-state index in [9.17, 15) is 10.2 Å². The van der Waals surface area contributed by atoms with E-state index in [0.717, 1.165) is 38.5 Å². The molecule has 0 saturated heterocycles. The van der Waals surface area contributed by atoms with Gasteiger partial charge in [0.25, 0.3) is 0 Å². The minimum atomic E-state index is -0.534. The van der Waals surface area contributed by atoms with Gasteiger partial charge in [0.15, 0.2) is 0 Å². The largest absolute Gasteiger partial charge is 0.393 e. The number of fused-ring (bicyclic) bond motifs is 1. The summed E-state index contributed by atoms with van der Waals surface area (Å²) in [6.07, 6.45) is 22.6. The monoisotopic (exact) mass is 398 g/mol. The van der Waals surface area contributed by atoms with E-state index in [1.54, 1.807) is 11.1 Å². The average Bonchev–Trinajstić information content (AvgIpc) is 3.32. The van der Waals surface area contributed by atoms with Gasteiger partial charge in [-0.25, -0.2) is 0 Å². The highest BCUT2D eigenvalue weighted by atomic mass is 16.3. The van der Waals surface area contributed by atoms with Crippen LogP contribution in [0.3, 0.4) is 0 Å². The van der Waals surface area contributed by atoms with Crippen molar-refractivity contribution >= 4 is 0 Å². The highest BCUT2D eigenvalue weighted by Crippen LogP contribution is 2.67. The Kier molecular flexibility index (Phi) is 5.90. The molecule has 0 heterocycles. The van der Waals surface area contributed by atoms with Crippen LogP contribution in [0.25, 0.3) is 0 Å². The average molecular weight is 399 g/mol. The molecule has 0 aromatic heterocycles. The molecule has 2 N–H and O–H groups in total. The van der Waals surface area contributed by atoms with Gasteiger partial charge in [-0.05, 0) is 114 Å². The molecule has 2 nitrogen and oxygen atoms in total. The zero-order valence-electron chi connectivity index (χ0n) is 19.0. The molecule has 0 unspecified atom stereocenters. The first-order chi connectivity index (χ1) is 13.7. The van der Waals surface area contributed by atoms with Crippen molar-refractivity contribution in [1.29, 1.82) is 0 Å². The second-order valence-electron chi connectivity index (χ2n) is 11.4.